The number of nitrogens with zero attached hydrogens (tertiary/aromatic N) is 2. The van der Waals surface area contributed by atoms with Gasteiger partial charge in [0.05, 0.1) is 16.6 Å². The van der Waals surface area contributed by atoms with E-state index in [0.717, 1.165) is 22.6 Å². The number of aryl methyl sites for hydroxylation is 2. The van der Waals surface area contributed by atoms with Crippen LogP contribution in [0.25, 0.3) is 0 Å². The topological polar surface area (TPSA) is 51.8 Å². The maximum Gasteiger partial charge on any atom is 0.128 e. The van der Waals surface area contributed by atoms with Gasteiger partial charge in [-0.3, -0.25) is 0 Å². The largest absolute Gasteiger partial charge is 0.319 e. The van der Waals surface area contributed by atoms with Gasteiger partial charge in [0, 0.05) is 5.56 Å². The van der Waals surface area contributed by atoms with Crippen molar-refractivity contribution in [3.05, 3.63) is 45.7 Å². The fourth-order valence-electron chi connectivity index (χ4n) is 1.74. The van der Waals surface area contributed by atoms with E-state index in [4.69, 9.17) is 5.73 Å². The fourth-order valence-corrected chi connectivity index (χ4v) is 2.50. The van der Waals surface area contributed by atoms with Crippen molar-refractivity contribution in [1.29, 1.82) is 0 Å². The fraction of sp³-hybridized carbons (Fsp3) is 0.333. The Kier molecular flexibility index (Phi) is 3.49. The van der Waals surface area contributed by atoms with E-state index < -0.39 is 6.04 Å². The molecule has 0 radical (unpaired) electrons. The summed E-state index contributed by atoms with van der Waals surface area (Å²) in [6.45, 7) is 3.90. The lowest BCUT2D eigenvalue weighted by Crippen LogP contribution is -2.14. The SMILES string of the molecule is CCc1nnsc1C(N)c1cc(C)ccc1F. The van der Waals surface area contributed by atoms with Crippen LogP contribution in [0.2, 0.25) is 0 Å². The zero-order chi connectivity index (χ0) is 12.4. The highest BCUT2D eigenvalue weighted by Gasteiger charge is 2.19. The van der Waals surface area contributed by atoms with Crippen molar-refractivity contribution in [3.63, 3.8) is 0 Å². The van der Waals surface area contributed by atoms with E-state index in [2.05, 4.69) is 9.59 Å². The zero-order valence-corrected chi connectivity index (χ0v) is 10.6. The molecule has 1 heterocycles. The summed E-state index contributed by atoms with van der Waals surface area (Å²) in [7, 11) is 0. The normalized spacial score (nSPS) is 12.7. The van der Waals surface area contributed by atoms with Crippen molar-refractivity contribution in [1.82, 2.24) is 9.59 Å². The molecule has 2 N–H and O–H groups in total. The lowest BCUT2D eigenvalue weighted by Gasteiger charge is -2.12. The third-order valence-corrected chi connectivity index (χ3v) is 3.54. The molecule has 0 fully saturated rings. The summed E-state index contributed by atoms with van der Waals surface area (Å²) in [4.78, 5) is 0.844. The molecular formula is C12H14FN3S. The molecule has 0 aliphatic heterocycles. The molecule has 0 amide bonds. The smallest absolute Gasteiger partial charge is 0.128 e. The molecule has 1 atom stereocenters. The van der Waals surface area contributed by atoms with Gasteiger partial charge in [-0.2, -0.15) is 0 Å². The maximum absolute atomic E-state index is 13.7. The van der Waals surface area contributed by atoms with Crippen molar-refractivity contribution in [2.45, 2.75) is 26.3 Å². The van der Waals surface area contributed by atoms with Crippen LogP contribution in [0.1, 0.15) is 34.7 Å². The standard InChI is InChI=1S/C12H14FN3S/c1-3-10-12(17-16-15-10)11(14)8-6-7(2)4-5-9(8)13/h4-6,11H,3,14H2,1-2H3. The predicted molar refractivity (Wildman–Crippen MR) is 66.5 cm³/mol. The van der Waals surface area contributed by atoms with E-state index in [-0.39, 0.29) is 5.82 Å². The van der Waals surface area contributed by atoms with E-state index >= 15 is 0 Å². The van der Waals surface area contributed by atoms with Gasteiger partial charge in [-0.05, 0) is 30.9 Å². The first-order valence-corrected chi connectivity index (χ1v) is 6.23. The molecule has 1 aromatic carbocycles. The number of halogens is 1. The van der Waals surface area contributed by atoms with Crippen molar-refractivity contribution < 1.29 is 4.39 Å². The van der Waals surface area contributed by atoms with Crippen LogP contribution in [0.15, 0.2) is 18.2 Å². The van der Waals surface area contributed by atoms with Crippen molar-refractivity contribution in [2.75, 3.05) is 0 Å². The molecule has 3 nitrogen and oxygen atoms in total. The van der Waals surface area contributed by atoms with Gasteiger partial charge >= 0.3 is 0 Å². The van der Waals surface area contributed by atoms with Gasteiger partial charge in [-0.25, -0.2) is 4.39 Å². The minimum absolute atomic E-state index is 0.279. The quantitative estimate of drug-likeness (QED) is 0.912. The summed E-state index contributed by atoms with van der Waals surface area (Å²) in [5, 5.41) is 4.00. The molecule has 17 heavy (non-hydrogen) atoms. The molecule has 0 saturated carbocycles. The van der Waals surface area contributed by atoms with Gasteiger partial charge in [0.25, 0.3) is 0 Å². The average Bonchev–Trinajstić information content (AvgIpc) is 2.79. The molecule has 0 bridgehead atoms. The van der Waals surface area contributed by atoms with Crippen LogP contribution in [0.3, 0.4) is 0 Å². The first-order valence-electron chi connectivity index (χ1n) is 5.46. The average molecular weight is 251 g/mol. The van der Waals surface area contributed by atoms with E-state index in [0.29, 0.717) is 5.56 Å². The summed E-state index contributed by atoms with van der Waals surface area (Å²) in [5.41, 5.74) is 8.45. The molecule has 2 rings (SSSR count). The van der Waals surface area contributed by atoms with Crippen molar-refractivity contribution >= 4 is 11.5 Å². The zero-order valence-electron chi connectivity index (χ0n) is 9.77. The van der Waals surface area contributed by atoms with Gasteiger partial charge in [0.2, 0.25) is 0 Å². The Morgan fingerprint density at radius 2 is 2.24 bits per heavy atom. The number of aromatic nitrogens is 2. The van der Waals surface area contributed by atoms with Crippen LogP contribution in [0, 0.1) is 12.7 Å². The highest BCUT2D eigenvalue weighted by atomic mass is 32.1. The Bertz CT molecular complexity index is 524. The second-order valence-corrected chi connectivity index (χ2v) is 4.73. The summed E-state index contributed by atoms with van der Waals surface area (Å²) in [6, 6.07) is 4.48. The van der Waals surface area contributed by atoms with Gasteiger partial charge in [0.1, 0.15) is 5.82 Å². The Morgan fingerprint density at radius 3 is 2.94 bits per heavy atom. The molecule has 1 aromatic heterocycles. The highest BCUT2D eigenvalue weighted by Crippen LogP contribution is 2.27. The monoisotopic (exact) mass is 251 g/mol. The van der Waals surface area contributed by atoms with E-state index in [9.17, 15) is 4.39 Å². The van der Waals surface area contributed by atoms with E-state index in [1.165, 1.54) is 17.6 Å². The summed E-state index contributed by atoms with van der Waals surface area (Å²) < 4.78 is 17.6. The first kappa shape index (κ1) is 12.1. The van der Waals surface area contributed by atoms with Crippen molar-refractivity contribution in [2.24, 2.45) is 5.73 Å². The minimum Gasteiger partial charge on any atom is -0.319 e. The third-order valence-electron chi connectivity index (χ3n) is 2.69. The summed E-state index contributed by atoms with van der Waals surface area (Å²) in [5.74, 6) is -0.279. The number of benzene rings is 1. The Balaban J connectivity index is 2.43. The van der Waals surface area contributed by atoms with Gasteiger partial charge < -0.3 is 5.73 Å². The first-order chi connectivity index (χ1) is 8.13. The van der Waals surface area contributed by atoms with Crippen LogP contribution >= 0.6 is 11.5 Å². The number of hydrogen-bond donors (Lipinski definition) is 1. The number of rotatable bonds is 3. The Morgan fingerprint density at radius 1 is 1.47 bits per heavy atom. The molecule has 5 heteroatoms. The van der Waals surface area contributed by atoms with Crippen LogP contribution in [0.4, 0.5) is 4.39 Å². The van der Waals surface area contributed by atoms with Crippen LogP contribution in [-0.2, 0) is 6.42 Å². The third kappa shape index (κ3) is 2.35. The van der Waals surface area contributed by atoms with Crippen LogP contribution in [-0.4, -0.2) is 9.59 Å². The lowest BCUT2D eigenvalue weighted by atomic mass is 10.0. The van der Waals surface area contributed by atoms with Crippen molar-refractivity contribution in [3.8, 4) is 0 Å². The van der Waals surface area contributed by atoms with E-state index in [1.54, 1.807) is 12.1 Å². The van der Waals surface area contributed by atoms with E-state index in [1.807, 2.05) is 13.8 Å². The summed E-state index contributed by atoms with van der Waals surface area (Å²) >= 11 is 1.24. The molecular weight excluding hydrogens is 237 g/mol. The maximum atomic E-state index is 13.7. The highest BCUT2D eigenvalue weighted by molar-refractivity contribution is 7.05. The molecule has 0 spiro atoms. The number of hydrogen-bond acceptors (Lipinski definition) is 4. The molecule has 0 saturated heterocycles. The summed E-state index contributed by atoms with van der Waals surface area (Å²) in [6.07, 6.45) is 0.757. The minimum atomic E-state index is -0.482. The molecule has 2 aromatic rings. The second-order valence-electron chi connectivity index (χ2n) is 3.94. The van der Waals surface area contributed by atoms with Crippen LogP contribution in [0.5, 0.6) is 0 Å². The molecule has 1 unspecified atom stereocenters. The van der Waals surface area contributed by atoms with Gasteiger partial charge in [-0.1, -0.05) is 29.1 Å². The second kappa shape index (κ2) is 4.89. The Hall–Kier alpha value is -1.33. The molecule has 0 aliphatic rings. The molecule has 0 aliphatic carbocycles. The lowest BCUT2D eigenvalue weighted by molar-refractivity contribution is 0.599. The van der Waals surface area contributed by atoms with Gasteiger partial charge in [0.15, 0.2) is 0 Å². The number of nitrogens with two attached hydrogens (primary N) is 1. The predicted octanol–water partition coefficient (Wildman–Crippen LogP) is 2.60. The molecule has 90 valence electrons. The Labute approximate surface area is 104 Å². The van der Waals surface area contributed by atoms with Gasteiger partial charge in [-0.15, -0.1) is 5.10 Å². The van der Waals surface area contributed by atoms with Crippen LogP contribution < -0.4 is 5.73 Å².